The summed E-state index contributed by atoms with van der Waals surface area (Å²) in [6, 6.07) is 5.52. The molecule has 1 N–H and O–H groups in total. The maximum atomic E-state index is 14.5. The van der Waals surface area contributed by atoms with Crippen LogP contribution in [-0.2, 0) is 11.8 Å². The molecule has 0 amide bonds. The summed E-state index contributed by atoms with van der Waals surface area (Å²) in [4.78, 5) is 26.1. The van der Waals surface area contributed by atoms with E-state index in [-0.39, 0.29) is 40.5 Å². The predicted molar refractivity (Wildman–Crippen MR) is 125 cm³/mol. The molecule has 2 atom stereocenters. The van der Waals surface area contributed by atoms with E-state index in [1.54, 1.807) is 12.3 Å². The van der Waals surface area contributed by atoms with Crippen LogP contribution < -0.4 is 0 Å². The van der Waals surface area contributed by atoms with Crippen molar-refractivity contribution in [3.8, 4) is 11.3 Å². The van der Waals surface area contributed by atoms with Gasteiger partial charge >= 0.3 is 0 Å². The number of hydrogen-bond acceptors (Lipinski definition) is 7. The second kappa shape index (κ2) is 8.04. The minimum absolute atomic E-state index is 0.101. The van der Waals surface area contributed by atoms with E-state index in [0.717, 1.165) is 24.1 Å². The van der Waals surface area contributed by atoms with Crippen molar-refractivity contribution in [3.63, 3.8) is 0 Å². The predicted octanol–water partition coefficient (Wildman–Crippen LogP) is 4.35. The second-order valence-electron chi connectivity index (χ2n) is 9.99. The Morgan fingerprint density at radius 3 is 2.72 bits per heavy atom. The van der Waals surface area contributed by atoms with Gasteiger partial charge in [-0.3, -0.25) is 14.9 Å². The molecule has 1 fully saturated rings. The number of Topliss-reactive ketones (excluding diaryl/α,β-unsaturated/α-hetero) is 1. The summed E-state index contributed by atoms with van der Waals surface area (Å²) < 4.78 is 28.9. The molecule has 6 rings (SSSR count). The number of carbonyl (C=O) groups is 1. The molecule has 0 aliphatic heterocycles. The quantitative estimate of drug-likeness (QED) is 0.403. The number of fused-ring (bicyclic) bond motifs is 5. The van der Waals surface area contributed by atoms with E-state index < -0.39 is 17.0 Å². The first-order valence-electron chi connectivity index (χ1n) is 11.9. The summed E-state index contributed by atoms with van der Waals surface area (Å²) in [5.41, 5.74) is 1.68. The number of aromatic amines is 1. The van der Waals surface area contributed by atoms with Gasteiger partial charge in [-0.2, -0.15) is 10.2 Å². The normalized spacial score (nSPS) is 21.5. The van der Waals surface area contributed by atoms with Crippen molar-refractivity contribution in [3.05, 3.63) is 83.1 Å². The molecule has 2 aliphatic rings. The van der Waals surface area contributed by atoms with Gasteiger partial charge in [0.1, 0.15) is 29.5 Å². The van der Waals surface area contributed by atoms with E-state index in [9.17, 15) is 13.6 Å². The number of halogens is 2. The zero-order valence-electron chi connectivity index (χ0n) is 19.8. The van der Waals surface area contributed by atoms with Crippen molar-refractivity contribution < 1.29 is 13.6 Å². The minimum Gasteiger partial charge on any atom is -0.292 e. The zero-order valence-corrected chi connectivity index (χ0v) is 19.8. The number of carbonyl (C=O) groups excluding carboxylic acids is 1. The largest absolute Gasteiger partial charge is 0.292 e. The van der Waals surface area contributed by atoms with Crippen LogP contribution in [0.25, 0.3) is 11.3 Å². The van der Waals surface area contributed by atoms with Gasteiger partial charge in [0.05, 0.1) is 34.3 Å². The smallest absolute Gasteiger partial charge is 0.183 e. The molecule has 0 spiro atoms. The van der Waals surface area contributed by atoms with Crippen molar-refractivity contribution in [2.45, 2.75) is 50.9 Å². The van der Waals surface area contributed by atoms with E-state index in [2.05, 4.69) is 44.2 Å². The first kappa shape index (κ1) is 22.5. The molecule has 36 heavy (non-hydrogen) atoms. The summed E-state index contributed by atoms with van der Waals surface area (Å²) in [6.07, 6.45) is 6.85. The molecule has 4 aromatic rings. The van der Waals surface area contributed by atoms with Gasteiger partial charge in [-0.15, -0.1) is 5.10 Å². The Balaban J connectivity index is 1.40. The lowest BCUT2D eigenvalue weighted by Crippen LogP contribution is -2.38. The van der Waals surface area contributed by atoms with Gasteiger partial charge in [-0.1, -0.05) is 19.9 Å². The van der Waals surface area contributed by atoms with Gasteiger partial charge in [0.15, 0.2) is 5.78 Å². The summed E-state index contributed by atoms with van der Waals surface area (Å²) in [6.45, 7) is 4.30. The topological polar surface area (TPSA) is 110 Å². The van der Waals surface area contributed by atoms with Crippen LogP contribution in [0.3, 0.4) is 0 Å². The van der Waals surface area contributed by atoms with Gasteiger partial charge in [0.2, 0.25) is 0 Å². The molecular weight excluding hydrogens is 464 g/mol. The number of H-pyrrole nitrogens is 1. The third-order valence-corrected chi connectivity index (χ3v) is 8.01. The number of ketones is 1. The van der Waals surface area contributed by atoms with E-state index in [1.165, 1.54) is 30.7 Å². The van der Waals surface area contributed by atoms with Crippen molar-refractivity contribution >= 4 is 5.78 Å². The average molecular weight is 488 g/mol. The number of nitrogens with zero attached hydrogens (tertiary/aromatic N) is 6. The number of hydrogen-bond donors (Lipinski definition) is 1. The Morgan fingerprint density at radius 1 is 1.17 bits per heavy atom. The Bertz CT molecular complexity index is 1470. The molecular formula is C26H23F2N7O. The highest BCUT2D eigenvalue weighted by atomic mass is 19.1. The Morgan fingerprint density at radius 2 is 1.97 bits per heavy atom. The average Bonchev–Trinajstić information content (AvgIpc) is 3.53. The van der Waals surface area contributed by atoms with Crippen LogP contribution in [0.15, 0.2) is 43.0 Å². The van der Waals surface area contributed by atoms with Crippen LogP contribution in [0, 0.1) is 17.0 Å². The Labute approximate surface area is 205 Å². The zero-order chi connectivity index (χ0) is 25.1. The summed E-state index contributed by atoms with van der Waals surface area (Å²) in [7, 11) is 0. The number of nitrogens with one attached hydrogen (secondary N) is 1. The summed E-state index contributed by atoms with van der Waals surface area (Å²) in [5.74, 6) is -0.760. The van der Waals surface area contributed by atoms with Crippen LogP contribution in [0.5, 0.6) is 0 Å². The monoisotopic (exact) mass is 487 g/mol. The Hall–Kier alpha value is -3.95. The summed E-state index contributed by atoms with van der Waals surface area (Å²) in [5, 5.41) is 15.3. The highest BCUT2D eigenvalue weighted by Gasteiger charge is 2.65. The van der Waals surface area contributed by atoms with Crippen molar-refractivity contribution in [1.82, 2.24) is 35.3 Å². The lowest BCUT2D eigenvalue weighted by atomic mass is 9.66. The molecule has 3 aromatic heterocycles. The molecule has 0 radical (unpaired) electrons. The van der Waals surface area contributed by atoms with Gasteiger partial charge in [-0.25, -0.2) is 18.7 Å². The van der Waals surface area contributed by atoms with Crippen LogP contribution in [0.2, 0.25) is 0 Å². The fraction of sp³-hybridized carbons (Fsp3) is 0.346. The molecule has 182 valence electrons. The first-order valence-corrected chi connectivity index (χ1v) is 11.9. The Kier molecular flexibility index (Phi) is 5.03. The number of rotatable bonds is 6. The third kappa shape index (κ3) is 3.13. The molecule has 0 saturated heterocycles. The van der Waals surface area contributed by atoms with Gasteiger partial charge in [0, 0.05) is 19.0 Å². The third-order valence-electron chi connectivity index (χ3n) is 8.01. The molecule has 2 bridgehead atoms. The van der Waals surface area contributed by atoms with Crippen molar-refractivity contribution in [2.75, 3.05) is 0 Å². The van der Waals surface area contributed by atoms with E-state index in [0.29, 0.717) is 17.9 Å². The highest BCUT2D eigenvalue weighted by molar-refractivity contribution is 5.94. The fourth-order valence-corrected chi connectivity index (χ4v) is 6.17. The number of aryl methyl sites for hydroxylation is 1. The standard InChI is InChI=1S/C26H23F2N7O/c1-25(2)15-8-9-26(25,21-12-29-11-19(32-21)20(36)6-7-22-30-13-31-34-22)24-14(15)10-18(33-35-24)23-16(27)4-3-5-17(23)28/h3-5,10-13,15H,6-9H2,1-2H3,(H,30,31,34)/t15-,26-/m0/s1. The molecule has 8 nitrogen and oxygen atoms in total. The maximum absolute atomic E-state index is 14.5. The lowest BCUT2D eigenvalue weighted by Gasteiger charge is -2.37. The highest BCUT2D eigenvalue weighted by Crippen LogP contribution is 2.69. The first-order chi connectivity index (χ1) is 17.3. The van der Waals surface area contributed by atoms with Gasteiger partial charge < -0.3 is 0 Å². The lowest BCUT2D eigenvalue weighted by molar-refractivity contribution is 0.0976. The van der Waals surface area contributed by atoms with E-state index in [4.69, 9.17) is 4.98 Å². The summed E-state index contributed by atoms with van der Waals surface area (Å²) >= 11 is 0. The van der Waals surface area contributed by atoms with Crippen LogP contribution >= 0.6 is 0 Å². The van der Waals surface area contributed by atoms with Gasteiger partial charge in [0.25, 0.3) is 0 Å². The SMILES string of the molecule is CC1(C)[C@H]2CC[C@]1(c1cncc(C(=O)CCc3ncn[nH]3)n1)c1nnc(-c3c(F)cccc3F)cc12. The van der Waals surface area contributed by atoms with Crippen LogP contribution in [0.4, 0.5) is 8.78 Å². The van der Waals surface area contributed by atoms with E-state index >= 15 is 0 Å². The fourth-order valence-electron chi connectivity index (χ4n) is 6.17. The maximum Gasteiger partial charge on any atom is 0.183 e. The molecule has 10 heteroatoms. The van der Waals surface area contributed by atoms with Crippen molar-refractivity contribution in [1.29, 1.82) is 0 Å². The molecule has 1 saturated carbocycles. The van der Waals surface area contributed by atoms with Crippen LogP contribution in [0.1, 0.15) is 72.3 Å². The molecule has 0 unspecified atom stereocenters. The molecule has 2 aliphatic carbocycles. The minimum atomic E-state index is -0.677. The molecule has 3 heterocycles. The van der Waals surface area contributed by atoms with E-state index in [1.807, 2.05) is 0 Å². The van der Waals surface area contributed by atoms with Crippen molar-refractivity contribution in [2.24, 2.45) is 5.41 Å². The number of benzene rings is 1. The van der Waals surface area contributed by atoms with Crippen LogP contribution in [-0.4, -0.2) is 41.1 Å². The number of aromatic nitrogens is 7. The second-order valence-corrected chi connectivity index (χ2v) is 9.99. The van der Waals surface area contributed by atoms with Gasteiger partial charge in [-0.05, 0) is 47.9 Å². The molecule has 1 aromatic carbocycles.